The minimum absolute atomic E-state index is 0.0338. The van der Waals surface area contributed by atoms with Crippen LogP contribution in [0.3, 0.4) is 0 Å². The van der Waals surface area contributed by atoms with E-state index in [0.717, 1.165) is 25.7 Å². The van der Waals surface area contributed by atoms with Gasteiger partial charge in [0.1, 0.15) is 5.78 Å². The zero-order valence-corrected chi connectivity index (χ0v) is 16.5. The minimum Gasteiger partial charge on any atom is -0.481 e. The van der Waals surface area contributed by atoms with E-state index in [2.05, 4.69) is 13.0 Å². The molecule has 1 saturated carbocycles. The second-order valence-corrected chi connectivity index (χ2v) is 7.54. The highest BCUT2D eigenvalue weighted by Gasteiger charge is 2.32. The lowest BCUT2D eigenvalue weighted by atomic mass is 9.87. The number of aliphatic carboxylic acids is 1. The summed E-state index contributed by atoms with van der Waals surface area (Å²) in [5, 5.41) is 19.4. The van der Waals surface area contributed by atoms with Crippen LogP contribution in [-0.2, 0) is 9.59 Å². The molecule has 2 N–H and O–H groups in total. The Morgan fingerprint density at radius 2 is 2.00 bits per heavy atom. The Morgan fingerprint density at radius 1 is 1.23 bits per heavy atom. The Balaban J connectivity index is 2.56. The van der Waals surface area contributed by atoms with E-state index in [0.29, 0.717) is 25.7 Å². The molecule has 0 radical (unpaired) electrons. The van der Waals surface area contributed by atoms with Crippen LogP contribution in [0.25, 0.3) is 0 Å². The van der Waals surface area contributed by atoms with Gasteiger partial charge in [-0.25, -0.2) is 0 Å². The molecule has 0 aromatic carbocycles. The van der Waals surface area contributed by atoms with Crippen LogP contribution < -0.4 is 0 Å². The van der Waals surface area contributed by atoms with Crippen molar-refractivity contribution in [2.24, 2.45) is 11.8 Å². The molecule has 1 aliphatic rings. The van der Waals surface area contributed by atoms with Crippen LogP contribution in [0.4, 0.5) is 0 Å². The van der Waals surface area contributed by atoms with Gasteiger partial charge in [-0.15, -0.1) is 0 Å². The largest absolute Gasteiger partial charge is 0.481 e. The monoisotopic (exact) mass is 364 g/mol. The number of Topliss-reactive ketones (excluding diaryl/α,β-unsaturated/α-hetero) is 1. The Bertz CT molecular complexity index is 494. The first kappa shape index (κ1) is 22.6. The third-order valence-electron chi connectivity index (χ3n) is 5.47. The van der Waals surface area contributed by atoms with Crippen LogP contribution in [0.1, 0.15) is 84.5 Å². The predicted octanol–water partition coefficient (Wildman–Crippen LogP) is 5.06. The van der Waals surface area contributed by atoms with Gasteiger partial charge in [-0.3, -0.25) is 9.59 Å². The second kappa shape index (κ2) is 12.1. The summed E-state index contributed by atoms with van der Waals surface area (Å²) >= 11 is 0. The maximum Gasteiger partial charge on any atom is 0.303 e. The Morgan fingerprint density at radius 3 is 2.65 bits per heavy atom. The summed E-state index contributed by atoms with van der Waals surface area (Å²) in [5.74, 6) is -0.371. The summed E-state index contributed by atoms with van der Waals surface area (Å²) < 4.78 is 0. The van der Waals surface area contributed by atoms with Gasteiger partial charge in [0.15, 0.2) is 0 Å². The number of hydrogen-bond acceptors (Lipinski definition) is 3. The fourth-order valence-corrected chi connectivity index (χ4v) is 3.58. The summed E-state index contributed by atoms with van der Waals surface area (Å²) in [7, 11) is 0. The van der Waals surface area contributed by atoms with Crippen LogP contribution >= 0.6 is 0 Å². The van der Waals surface area contributed by atoms with Crippen molar-refractivity contribution in [3.05, 3.63) is 24.3 Å². The van der Waals surface area contributed by atoms with Gasteiger partial charge in [0, 0.05) is 18.8 Å². The van der Waals surface area contributed by atoms with Gasteiger partial charge in [0.05, 0.1) is 5.60 Å². The summed E-state index contributed by atoms with van der Waals surface area (Å²) in [6, 6.07) is 0. The molecule has 26 heavy (non-hydrogen) atoms. The van der Waals surface area contributed by atoms with Crippen molar-refractivity contribution in [1.29, 1.82) is 0 Å². The van der Waals surface area contributed by atoms with E-state index in [4.69, 9.17) is 5.11 Å². The van der Waals surface area contributed by atoms with Crippen LogP contribution in [0, 0.1) is 11.8 Å². The number of carboxylic acid groups (broad SMARTS) is 1. The molecule has 148 valence electrons. The predicted molar refractivity (Wildman–Crippen MR) is 105 cm³/mol. The molecule has 0 heterocycles. The number of carbonyl (C=O) groups is 2. The quantitative estimate of drug-likeness (QED) is 0.354. The average Bonchev–Trinajstić information content (AvgIpc) is 2.96. The van der Waals surface area contributed by atoms with E-state index < -0.39 is 11.6 Å². The Hall–Kier alpha value is -1.42. The summed E-state index contributed by atoms with van der Waals surface area (Å²) in [4.78, 5) is 22.7. The lowest BCUT2D eigenvalue weighted by Gasteiger charge is -2.24. The Kier molecular flexibility index (Phi) is 10.5. The van der Waals surface area contributed by atoms with Crippen molar-refractivity contribution in [1.82, 2.24) is 0 Å². The maximum absolute atomic E-state index is 12.2. The molecule has 4 heteroatoms. The van der Waals surface area contributed by atoms with E-state index >= 15 is 0 Å². The van der Waals surface area contributed by atoms with Crippen molar-refractivity contribution in [2.75, 3.05) is 0 Å². The standard InChI is InChI=1S/C22H36O4/c1-3-5-6-10-16-22(26,4-2)17-15-18-13-14-20(23)19(18)11-8-7-9-12-21(24)25/h7-8,15,17-19,26H,3-6,9-14,16H2,1-2H3,(H,24,25)/t18-,19+,22?/m1/s1. The third-order valence-corrected chi connectivity index (χ3v) is 5.47. The molecule has 1 fully saturated rings. The molecular weight excluding hydrogens is 328 g/mol. The van der Waals surface area contributed by atoms with Crippen molar-refractivity contribution >= 4 is 11.8 Å². The minimum atomic E-state index is -0.801. The number of hydrogen-bond donors (Lipinski definition) is 2. The highest BCUT2D eigenvalue weighted by Crippen LogP contribution is 2.34. The molecule has 1 rings (SSSR count). The molecule has 0 aromatic rings. The first-order valence-corrected chi connectivity index (χ1v) is 10.2. The van der Waals surface area contributed by atoms with Gasteiger partial charge in [-0.05, 0) is 38.0 Å². The molecule has 0 spiro atoms. The zero-order chi connectivity index (χ0) is 19.4. The van der Waals surface area contributed by atoms with E-state index in [1.54, 1.807) is 0 Å². The van der Waals surface area contributed by atoms with Gasteiger partial charge >= 0.3 is 5.97 Å². The zero-order valence-electron chi connectivity index (χ0n) is 16.5. The van der Waals surface area contributed by atoms with Crippen LogP contribution in [0.15, 0.2) is 24.3 Å². The van der Waals surface area contributed by atoms with E-state index in [-0.39, 0.29) is 24.0 Å². The van der Waals surface area contributed by atoms with Gasteiger partial charge in [0.2, 0.25) is 0 Å². The molecule has 1 unspecified atom stereocenters. The SMILES string of the molecule is CCCCCCC(O)(C=C[C@H]1CCC(=O)[C@H]1CC=CCCC(=O)O)CC. The lowest BCUT2D eigenvalue weighted by molar-refractivity contribution is -0.136. The highest BCUT2D eigenvalue weighted by molar-refractivity contribution is 5.83. The van der Waals surface area contributed by atoms with Gasteiger partial charge in [0.25, 0.3) is 0 Å². The molecule has 1 aliphatic carbocycles. The fourth-order valence-electron chi connectivity index (χ4n) is 3.58. The number of rotatable bonds is 13. The normalized spacial score (nSPS) is 23.1. The summed E-state index contributed by atoms with van der Waals surface area (Å²) in [6.45, 7) is 4.19. The second-order valence-electron chi connectivity index (χ2n) is 7.54. The van der Waals surface area contributed by atoms with Crippen LogP contribution in [0.5, 0.6) is 0 Å². The highest BCUT2D eigenvalue weighted by atomic mass is 16.4. The molecule has 0 bridgehead atoms. The first-order valence-electron chi connectivity index (χ1n) is 10.2. The summed E-state index contributed by atoms with van der Waals surface area (Å²) in [5.41, 5.74) is -0.763. The van der Waals surface area contributed by atoms with Gasteiger partial charge in [-0.1, -0.05) is 63.8 Å². The fraction of sp³-hybridized carbons (Fsp3) is 0.727. The summed E-state index contributed by atoms with van der Waals surface area (Å²) in [6.07, 6.45) is 16.6. The third kappa shape index (κ3) is 8.31. The number of carbonyl (C=O) groups excluding carboxylic acids is 1. The molecule has 0 amide bonds. The number of carboxylic acids is 1. The van der Waals surface area contributed by atoms with Crippen molar-refractivity contribution in [3.63, 3.8) is 0 Å². The first-order chi connectivity index (χ1) is 12.4. The van der Waals surface area contributed by atoms with Crippen LogP contribution in [-0.4, -0.2) is 27.6 Å². The number of ketones is 1. The Labute approximate surface area is 158 Å². The molecule has 0 aromatic heterocycles. The van der Waals surface area contributed by atoms with Crippen LogP contribution in [0.2, 0.25) is 0 Å². The molecule has 0 saturated heterocycles. The lowest BCUT2D eigenvalue weighted by Crippen LogP contribution is -2.25. The van der Waals surface area contributed by atoms with E-state index in [9.17, 15) is 14.7 Å². The molecular formula is C22H36O4. The molecule has 4 nitrogen and oxygen atoms in total. The van der Waals surface area contributed by atoms with Crippen molar-refractivity contribution in [2.45, 2.75) is 90.1 Å². The average molecular weight is 365 g/mol. The van der Waals surface area contributed by atoms with Gasteiger partial charge < -0.3 is 10.2 Å². The van der Waals surface area contributed by atoms with Gasteiger partial charge in [-0.2, -0.15) is 0 Å². The number of aliphatic hydroxyl groups is 1. The smallest absolute Gasteiger partial charge is 0.303 e. The van der Waals surface area contributed by atoms with Crippen molar-refractivity contribution in [3.8, 4) is 0 Å². The number of allylic oxidation sites excluding steroid dienone is 3. The molecule has 0 aliphatic heterocycles. The molecule has 3 atom stereocenters. The van der Waals surface area contributed by atoms with E-state index in [1.807, 2.05) is 25.2 Å². The van der Waals surface area contributed by atoms with E-state index in [1.165, 1.54) is 12.8 Å². The van der Waals surface area contributed by atoms with Crippen molar-refractivity contribution < 1.29 is 19.8 Å². The topological polar surface area (TPSA) is 74.6 Å². The number of unbranched alkanes of at least 4 members (excludes halogenated alkanes) is 3. The maximum atomic E-state index is 12.2.